The van der Waals surface area contributed by atoms with Crippen molar-refractivity contribution in [2.45, 2.75) is 24.5 Å². The second-order valence-electron chi connectivity index (χ2n) is 4.31. The van der Waals surface area contributed by atoms with Crippen molar-refractivity contribution in [1.29, 1.82) is 0 Å². The molecule has 0 aromatic carbocycles. The smallest absolute Gasteiger partial charge is 0.262 e. The molecule has 0 amide bonds. The number of nitrogens with two attached hydrogens (primary N) is 1. The van der Waals surface area contributed by atoms with Crippen LogP contribution in [0.4, 0.5) is 5.82 Å². The van der Waals surface area contributed by atoms with Gasteiger partial charge in [-0.2, -0.15) is 4.31 Å². The van der Waals surface area contributed by atoms with Crippen LogP contribution in [-0.4, -0.2) is 48.1 Å². The third-order valence-corrected chi connectivity index (χ3v) is 5.05. The third-order valence-electron chi connectivity index (χ3n) is 3.05. The number of hydrogen-bond acceptors (Lipinski definition) is 5. The summed E-state index contributed by atoms with van der Waals surface area (Å²) in [5.41, 5.74) is 5.63. The quantitative estimate of drug-likeness (QED) is 0.824. The normalized spacial score (nSPS) is 22.2. The van der Waals surface area contributed by atoms with E-state index in [-0.39, 0.29) is 16.9 Å². The number of imidazole rings is 1. The Morgan fingerprint density at radius 1 is 1.61 bits per heavy atom. The molecule has 1 aromatic rings. The van der Waals surface area contributed by atoms with Crippen LogP contribution < -0.4 is 5.73 Å². The molecule has 1 aromatic heterocycles. The van der Waals surface area contributed by atoms with Gasteiger partial charge >= 0.3 is 0 Å². The summed E-state index contributed by atoms with van der Waals surface area (Å²) < 4.78 is 33.3. The molecule has 2 N–H and O–H groups in total. The average Bonchev–Trinajstić information content (AvgIpc) is 2.69. The van der Waals surface area contributed by atoms with E-state index in [1.165, 1.54) is 15.2 Å². The molecule has 1 saturated heterocycles. The molecular weight excluding hydrogens is 256 g/mol. The minimum Gasteiger partial charge on any atom is -0.381 e. The lowest BCUT2D eigenvalue weighted by Crippen LogP contribution is -2.45. The minimum absolute atomic E-state index is 0.0389. The molecule has 1 unspecified atom stereocenters. The molecule has 0 aliphatic carbocycles. The summed E-state index contributed by atoms with van der Waals surface area (Å²) in [6.45, 7) is 3.10. The van der Waals surface area contributed by atoms with E-state index in [9.17, 15) is 8.42 Å². The zero-order valence-corrected chi connectivity index (χ0v) is 11.4. The first kappa shape index (κ1) is 13.3. The van der Waals surface area contributed by atoms with Gasteiger partial charge in [0.1, 0.15) is 0 Å². The van der Waals surface area contributed by atoms with Crippen molar-refractivity contribution in [3.8, 4) is 0 Å². The number of aryl methyl sites for hydroxylation is 1. The van der Waals surface area contributed by atoms with Crippen LogP contribution in [0.25, 0.3) is 0 Å². The van der Waals surface area contributed by atoms with Crippen LogP contribution in [0.3, 0.4) is 0 Å². The predicted molar refractivity (Wildman–Crippen MR) is 66.4 cm³/mol. The lowest BCUT2D eigenvalue weighted by atomic mass is 10.2. The van der Waals surface area contributed by atoms with Crippen molar-refractivity contribution in [2.24, 2.45) is 7.05 Å². The molecule has 0 saturated carbocycles. The Morgan fingerprint density at radius 3 is 2.89 bits per heavy atom. The zero-order valence-electron chi connectivity index (χ0n) is 10.5. The molecule has 18 heavy (non-hydrogen) atoms. The SMILES string of the molecule is CCC1CN(S(=O)(=O)c2c(N)ncn2C)CCO1. The van der Waals surface area contributed by atoms with Crippen LogP contribution in [0.15, 0.2) is 11.4 Å². The standard InChI is InChI=1S/C10H18N4O3S/c1-3-8-6-14(4-5-17-8)18(15,16)10-9(11)12-7-13(10)2/h7-8H,3-6,11H2,1-2H3. The zero-order chi connectivity index (χ0) is 13.3. The van der Waals surface area contributed by atoms with Gasteiger partial charge in [-0.05, 0) is 6.42 Å². The van der Waals surface area contributed by atoms with Crippen molar-refractivity contribution in [3.63, 3.8) is 0 Å². The molecule has 1 aliphatic rings. The van der Waals surface area contributed by atoms with Gasteiger partial charge in [-0.15, -0.1) is 0 Å². The Hall–Kier alpha value is -1.12. The van der Waals surface area contributed by atoms with Gasteiger partial charge in [-0.1, -0.05) is 6.92 Å². The second kappa shape index (κ2) is 4.87. The van der Waals surface area contributed by atoms with Crippen molar-refractivity contribution in [3.05, 3.63) is 6.33 Å². The summed E-state index contributed by atoms with van der Waals surface area (Å²) in [5.74, 6) is 0.0389. The number of aromatic nitrogens is 2. The molecule has 1 aliphatic heterocycles. The van der Waals surface area contributed by atoms with Crippen molar-refractivity contribution >= 4 is 15.8 Å². The molecule has 102 valence electrons. The number of ether oxygens (including phenoxy) is 1. The van der Waals surface area contributed by atoms with Gasteiger partial charge in [0.15, 0.2) is 10.8 Å². The van der Waals surface area contributed by atoms with Crippen LogP contribution in [0.5, 0.6) is 0 Å². The first-order valence-corrected chi connectivity index (χ1v) is 7.29. The fourth-order valence-electron chi connectivity index (χ4n) is 2.03. The average molecular weight is 274 g/mol. The Labute approximate surface area is 107 Å². The second-order valence-corrected chi connectivity index (χ2v) is 6.16. The van der Waals surface area contributed by atoms with Crippen LogP contribution in [0, 0.1) is 0 Å². The Morgan fingerprint density at radius 2 is 2.33 bits per heavy atom. The van der Waals surface area contributed by atoms with E-state index in [2.05, 4.69) is 4.98 Å². The number of anilines is 1. The highest BCUT2D eigenvalue weighted by molar-refractivity contribution is 7.89. The van der Waals surface area contributed by atoms with E-state index in [0.717, 1.165) is 6.42 Å². The highest BCUT2D eigenvalue weighted by Crippen LogP contribution is 2.23. The van der Waals surface area contributed by atoms with Crippen LogP contribution >= 0.6 is 0 Å². The van der Waals surface area contributed by atoms with Crippen molar-refractivity contribution < 1.29 is 13.2 Å². The number of rotatable bonds is 3. The van der Waals surface area contributed by atoms with E-state index < -0.39 is 10.0 Å². The van der Waals surface area contributed by atoms with Crippen LogP contribution in [0.1, 0.15) is 13.3 Å². The summed E-state index contributed by atoms with van der Waals surface area (Å²) in [6, 6.07) is 0. The summed E-state index contributed by atoms with van der Waals surface area (Å²) in [5, 5.41) is 0.0549. The first-order valence-electron chi connectivity index (χ1n) is 5.85. The van der Waals surface area contributed by atoms with Gasteiger partial charge in [-0.3, -0.25) is 0 Å². The number of hydrogen-bond donors (Lipinski definition) is 1. The lowest BCUT2D eigenvalue weighted by molar-refractivity contribution is -0.00287. The van der Waals surface area contributed by atoms with E-state index in [4.69, 9.17) is 10.5 Å². The van der Waals surface area contributed by atoms with Gasteiger partial charge in [0.05, 0.1) is 19.0 Å². The van der Waals surface area contributed by atoms with Crippen LogP contribution in [-0.2, 0) is 21.8 Å². The Kier molecular flexibility index (Phi) is 3.60. The molecule has 0 bridgehead atoms. The molecule has 2 heterocycles. The third kappa shape index (κ3) is 2.23. The maximum atomic E-state index is 12.5. The molecule has 1 atom stereocenters. The van der Waals surface area contributed by atoms with Crippen molar-refractivity contribution in [2.75, 3.05) is 25.4 Å². The highest BCUT2D eigenvalue weighted by atomic mass is 32.2. The fraction of sp³-hybridized carbons (Fsp3) is 0.700. The molecular formula is C10H18N4O3S. The number of sulfonamides is 1. The summed E-state index contributed by atoms with van der Waals surface area (Å²) >= 11 is 0. The maximum absolute atomic E-state index is 12.5. The van der Waals surface area contributed by atoms with Gasteiger partial charge in [-0.25, -0.2) is 13.4 Å². The number of nitrogens with zero attached hydrogens (tertiary/aromatic N) is 3. The Balaban J connectivity index is 2.31. The molecule has 0 radical (unpaired) electrons. The number of nitrogen functional groups attached to an aromatic ring is 1. The topological polar surface area (TPSA) is 90.5 Å². The van der Waals surface area contributed by atoms with Gasteiger partial charge in [0.25, 0.3) is 10.0 Å². The Bertz CT molecular complexity index is 506. The molecule has 1 fully saturated rings. The predicted octanol–water partition coefficient (Wildman–Crippen LogP) is -0.198. The maximum Gasteiger partial charge on any atom is 0.262 e. The van der Waals surface area contributed by atoms with E-state index in [1.807, 2.05) is 6.92 Å². The van der Waals surface area contributed by atoms with E-state index in [0.29, 0.717) is 19.7 Å². The van der Waals surface area contributed by atoms with Gasteiger partial charge < -0.3 is 15.0 Å². The van der Waals surface area contributed by atoms with Gasteiger partial charge in [0, 0.05) is 20.1 Å². The van der Waals surface area contributed by atoms with Crippen molar-refractivity contribution in [1.82, 2.24) is 13.9 Å². The molecule has 7 nitrogen and oxygen atoms in total. The van der Waals surface area contributed by atoms with E-state index >= 15 is 0 Å². The lowest BCUT2D eigenvalue weighted by Gasteiger charge is -2.31. The largest absolute Gasteiger partial charge is 0.381 e. The summed E-state index contributed by atoms with van der Waals surface area (Å²) in [6.07, 6.45) is 2.13. The summed E-state index contributed by atoms with van der Waals surface area (Å²) in [7, 11) is -1.98. The number of morpholine rings is 1. The fourth-order valence-corrected chi connectivity index (χ4v) is 3.68. The summed E-state index contributed by atoms with van der Waals surface area (Å²) in [4.78, 5) is 3.82. The highest BCUT2D eigenvalue weighted by Gasteiger charge is 2.33. The molecule has 8 heteroatoms. The minimum atomic E-state index is -3.59. The monoisotopic (exact) mass is 274 g/mol. The van der Waals surface area contributed by atoms with Crippen LogP contribution in [0.2, 0.25) is 0 Å². The molecule has 2 rings (SSSR count). The molecule has 0 spiro atoms. The van der Waals surface area contributed by atoms with Gasteiger partial charge in [0.2, 0.25) is 0 Å². The van der Waals surface area contributed by atoms with E-state index in [1.54, 1.807) is 7.05 Å². The first-order chi connectivity index (χ1) is 8.46.